The molecule has 1 unspecified atom stereocenters. The van der Waals surface area contributed by atoms with Crippen LogP contribution in [0.5, 0.6) is 5.75 Å². The minimum Gasteiger partial charge on any atom is -0.492 e. The standard InChI is InChI=1S/C16H23Cl2NO/c1-3-19-15(8-11-6-5-7-11)12-9-14(18)16(20-4-2)10-13(12)17/h9-11,15,19H,3-8H2,1-2H3. The maximum Gasteiger partial charge on any atom is 0.139 e. The number of rotatable bonds is 7. The minimum absolute atomic E-state index is 0.283. The van der Waals surface area contributed by atoms with Crippen LogP contribution >= 0.6 is 23.2 Å². The average Bonchev–Trinajstić information content (AvgIpc) is 2.37. The Labute approximate surface area is 131 Å². The van der Waals surface area contributed by atoms with E-state index in [1.807, 2.05) is 19.1 Å². The first kappa shape index (κ1) is 15.9. The van der Waals surface area contributed by atoms with Gasteiger partial charge in [-0.15, -0.1) is 0 Å². The van der Waals surface area contributed by atoms with Crippen LogP contribution in [-0.2, 0) is 0 Å². The normalized spacial score (nSPS) is 16.8. The van der Waals surface area contributed by atoms with Crippen LogP contribution in [0.25, 0.3) is 0 Å². The molecule has 2 rings (SSSR count). The van der Waals surface area contributed by atoms with Gasteiger partial charge >= 0.3 is 0 Å². The Kier molecular flexibility index (Phi) is 6.01. The SMILES string of the molecule is CCNC(CC1CCC1)c1cc(Cl)c(OCC)cc1Cl. The van der Waals surface area contributed by atoms with Gasteiger partial charge in [-0.1, -0.05) is 49.4 Å². The summed E-state index contributed by atoms with van der Waals surface area (Å²) in [6.07, 6.45) is 5.17. The molecule has 1 saturated carbocycles. The topological polar surface area (TPSA) is 21.3 Å². The Hall–Kier alpha value is -0.440. The fraction of sp³-hybridized carbons (Fsp3) is 0.625. The van der Waals surface area contributed by atoms with E-state index in [-0.39, 0.29) is 6.04 Å². The molecule has 0 heterocycles. The molecular formula is C16H23Cl2NO. The molecule has 4 heteroatoms. The number of benzene rings is 1. The van der Waals surface area contributed by atoms with Gasteiger partial charge in [0.05, 0.1) is 11.6 Å². The lowest BCUT2D eigenvalue weighted by Crippen LogP contribution is -2.26. The second kappa shape index (κ2) is 7.53. The van der Waals surface area contributed by atoms with Gasteiger partial charge in [0.25, 0.3) is 0 Å². The molecule has 1 aromatic carbocycles. The van der Waals surface area contributed by atoms with Crippen molar-refractivity contribution >= 4 is 23.2 Å². The van der Waals surface area contributed by atoms with Crippen molar-refractivity contribution in [1.29, 1.82) is 0 Å². The molecule has 1 N–H and O–H groups in total. The van der Waals surface area contributed by atoms with Crippen LogP contribution < -0.4 is 10.1 Å². The quantitative estimate of drug-likeness (QED) is 0.743. The van der Waals surface area contributed by atoms with Gasteiger partial charge in [-0.25, -0.2) is 0 Å². The first-order chi connectivity index (χ1) is 9.65. The number of hydrogen-bond donors (Lipinski definition) is 1. The lowest BCUT2D eigenvalue weighted by molar-refractivity contribution is 0.262. The van der Waals surface area contributed by atoms with Crippen molar-refractivity contribution in [2.45, 2.75) is 45.6 Å². The zero-order chi connectivity index (χ0) is 14.5. The predicted octanol–water partition coefficient (Wildman–Crippen LogP) is 5.23. The first-order valence-electron chi connectivity index (χ1n) is 7.50. The number of ether oxygens (including phenoxy) is 1. The molecule has 0 aromatic heterocycles. The molecule has 0 bridgehead atoms. The summed E-state index contributed by atoms with van der Waals surface area (Å²) in [5, 5.41) is 4.91. The highest BCUT2D eigenvalue weighted by molar-refractivity contribution is 6.34. The first-order valence-corrected chi connectivity index (χ1v) is 8.26. The second-order valence-electron chi connectivity index (χ2n) is 5.38. The van der Waals surface area contributed by atoms with Crippen molar-refractivity contribution in [1.82, 2.24) is 5.32 Å². The Balaban J connectivity index is 2.20. The molecule has 0 spiro atoms. The Bertz CT molecular complexity index is 446. The maximum absolute atomic E-state index is 6.43. The van der Waals surface area contributed by atoms with E-state index in [0.717, 1.165) is 29.5 Å². The van der Waals surface area contributed by atoms with Gasteiger partial charge in [0, 0.05) is 17.1 Å². The fourth-order valence-corrected chi connectivity index (χ4v) is 3.22. The van der Waals surface area contributed by atoms with Crippen LogP contribution in [0.1, 0.15) is 51.1 Å². The number of nitrogens with one attached hydrogen (secondary N) is 1. The fourth-order valence-electron chi connectivity index (χ4n) is 2.71. The third kappa shape index (κ3) is 3.81. The molecule has 1 aromatic rings. The van der Waals surface area contributed by atoms with Gasteiger partial charge in [0.1, 0.15) is 5.75 Å². The van der Waals surface area contributed by atoms with E-state index in [1.54, 1.807) is 0 Å². The summed E-state index contributed by atoms with van der Waals surface area (Å²) in [7, 11) is 0. The smallest absolute Gasteiger partial charge is 0.139 e. The van der Waals surface area contributed by atoms with Gasteiger partial charge in [-0.2, -0.15) is 0 Å². The van der Waals surface area contributed by atoms with E-state index in [0.29, 0.717) is 17.4 Å². The maximum atomic E-state index is 6.43. The van der Waals surface area contributed by atoms with Gasteiger partial charge in [-0.3, -0.25) is 0 Å². The number of hydrogen-bond acceptors (Lipinski definition) is 2. The molecular weight excluding hydrogens is 293 g/mol. The van der Waals surface area contributed by atoms with Crippen molar-refractivity contribution in [3.05, 3.63) is 27.7 Å². The van der Waals surface area contributed by atoms with Gasteiger partial charge in [0.2, 0.25) is 0 Å². The van der Waals surface area contributed by atoms with Crippen LogP contribution in [-0.4, -0.2) is 13.2 Å². The van der Waals surface area contributed by atoms with Crippen LogP contribution in [0.2, 0.25) is 10.0 Å². The molecule has 1 aliphatic rings. The summed E-state index contributed by atoms with van der Waals surface area (Å²) >= 11 is 12.7. The van der Waals surface area contributed by atoms with Gasteiger partial charge < -0.3 is 10.1 Å². The van der Waals surface area contributed by atoms with Crippen molar-refractivity contribution < 1.29 is 4.74 Å². The Morgan fingerprint density at radius 1 is 1.25 bits per heavy atom. The lowest BCUT2D eigenvalue weighted by Gasteiger charge is -2.31. The summed E-state index contributed by atoms with van der Waals surface area (Å²) in [4.78, 5) is 0. The van der Waals surface area contributed by atoms with Crippen molar-refractivity contribution in [3.63, 3.8) is 0 Å². The second-order valence-corrected chi connectivity index (χ2v) is 6.19. The summed E-state index contributed by atoms with van der Waals surface area (Å²) < 4.78 is 5.49. The van der Waals surface area contributed by atoms with E-state index >= 15 is 0 Å². The average molecular weight is 316 g/mol. The molecule has 1 atom stereocenters. The molecule has 2 nitrogen and oxygen atoms in total. The van der Waals surface area contributed by atoms with E-state index in [4.69, 9.17) is 27.9 Å². The summed E-state index contributed by atoms with van der Waals surface area (Å²) in [6, 6.07) is 4.08. The van der Waals surface area contributed by atoms with E-state index in [1.165, 1.54) is 19.3 Å². The van der Waals surface area contributed by atoms with Crippen molar-refractivity contribution in [2.24, 2.45) is 5.92 Å². The van der Waals surface area contributed by atoms with Gasteiger partial charge in [0.15, 0.2) is 0 Å². The van der Waals surface area contributed by atoms with Gasteiger partial charge in [-0.05, 0) is 37.4 Å². The summed E-state index contributed by atoms with van der Waals surface area (Å²) in [5.41, 5.74) is 1.09. The van der Waals surface area contributed by atoms with Crippen molar-refractivity contribution in [2.75, 3.05) is 13.2 Å². The molecule has 0 radical (unpaired) electrons. The highest BCUT2D eigenvalue weighted by atomic mass is 35.5. The van der Waals surface area contributed by atoms with E-state index in [2.05, 4.69) is 12.2 Å². The minimum atomic E-state index is 0.283. The number of halogens is 2. The van der Waals surface area contributed by atoms with E-state index < -0.39 is 0 Å². The molecule has 0 aliphatic heterocycles. The third-order valence-corrected chi connectivity index (χ3v) is 4.59. The zero-order valence-electron chi connectivity index (χ0n) is 12.2. The largest absolute Gasteiger partial charge is 0.492 e. The highest BCUT2D eigenvalue weighted by Gasteiger charge is 2.24. The predicted molar refractivity (Wildman–Crippen MR) is 86.0 cm³/mol. The molecule has 1 fully saturated rings. The molecule has 112 valence electrons. The molecule has 1 aliphatic carbocycles. The molecule has 20 heavy (non-hydrogen) atoms. The van der Waals surface area contributed by atoms with Crippen LogP contribution in [0.15, 0.2) is 12.1 Å². The Morgan fingerprint density at radius 3 is 2.55 bits per heavy atom. The lowest BCUT2D eigenvalue weighted by atomic mass is 9.79. The van der Waals surface area contributed by atoms with Crippen LogP contribution in [0.3, 0.4) is 0 Å². The Morgan fingerprint density at radius 2 is 2.00 bits per heavy atom. The molecule has 0 saturated heterocycles. The van der Waals surface area contributed by atoms with E-state index in [9.17, 15) is 0 Å². The van der Waals surface area contributed by atoms with Crippen LogP contribution in [0.4, 0.5) is 0 Å². The van der Waals surface area contributed by atoms with Crippen molar-refractivity contribution in [3.8, 4) is 5.75 Å². The summed E-state index contributed by atoms with van der Waals surface area (Å²) in [6.45, 7) is 5.58. The zero-order valence-corrected chi connectivity index (χ0v) is 13.7. The summed E-state index contributed by atoms with van der Waals surface area (Å²) in [5.74, 6) is 1.49. The molecule has 0 amide bonds. The monoisotopic (exact) mass is 315 g/mol. The third-order valence-electron chi connectivity index (χ3n) is 3.97. The van der Waals surface area contributed by atoms with Crippen LogP contribution in [0, 0.1) is 5.92 Å². The highest BCUT2D eigenvalue weighted by Crippen LogP contribution is 2.39.